The molecule has 36 heavy (non-hydrogen) atoms. The lowest BCUT2D eigenvalue weighted by Gasteiger charge is -2.30. The molecule has 0 amide bonds. The van der Waals surface area contributed by atoms with Gasteiger partial charge in [-0.05, 0) is 66.0 Å². The Morgan fingerprint density at radius 1 is 0.944 bits per heavy atom. The normalized spacial score (nSPS) is 12.6. The molecule has 2 aromatic heterocycles. The van der Waals surface area contributed by atoms with E-state index in [2.05, 4.69) is 74.0 Å². The molecule has 182 valence electrons. The van der Waals surface area contributed by atoms with Crippen molar-refractivity contribution >= 4 is 40.9 Å². The highest BCUT2D eigenvalue weighted by molar-refractivity contribution is 7.99. The molecule has 0 bridgehead atoms. The Labute approximate surface area is 220 Å². The van der Waals surface area contributed by atoms with Crippen LogP contribution in [-0.4, -0.2) is 38.1 Å². The van der Waals surface area contributed by atoms with Gasteiger partial charge in [-0.2, -0.15) is 4.98 Å². The van der Waals surface area contributed by atoms with Gasteiger partial charge in [0, 0.05) is 38.1 Å². The molecule has 2 aromatic carbocycles. The van der Waals surface area contributed by atoms with E-state index in [1.165, 1.54) is 28.5 Å². The van der Waals surface area contributed by atoms with Gasteiger partial charge in [0.25, 0.3) is 0 Å². The maximum atomic E-state index is 5.54. The third-order valence-electron chi connectivity index (χ3n) is 5.88. The smallest absolute Gasteiger partial charge is 0.232 e. The Kier molecular flexibility index (Phi) is 7.99. The first-order valence-corrected chi connectivity index (χ1v) is 13.2. The van der Waals surface area contributed by atoms with E-state index >= 15 is 0 Å². The van der Waals surface area contributed by atoms with E-state index in [4.69, 9.17) is 22.2 Å². The highest BCUT2D eigenvalue weighted by Crippen LogP contribution is 2.29. The van der Waals surface area contributed by atoms with Gasteiger partial charge >= 0.3 is 0 Å². The number of nitrogens with one attached hydrogen (secondary N) is 2. The minimum atomic E-state index is 0.463. The summed E-state index contributed by atoms with van der Waals surface area (Å²) in [7, 11) is 0. The van der Waals surface area contributed by atoms with Crippen LogP contribution in [0.1, 0.15) is 23.1 Å². The molecule has 0 aliphatic carbocycles. The number of aromatic nitrogens is 4. The van der Waals surface area contributed by atoms with Crippen molar-refractivity contribution in [3.8, 4) is 0 Å². The van der Waals surface area contributed by atoms with Gasteiger partial charge in [-0.3, -0.25) is 0 Å². The zero-order valence-corrected chi connectivity index (χ0v) is 21.4. The molecule has 5 rings (SSSR count). The molecule has 0 unspecified atom stereocenters. The largest absolute Gasteiger partial charge is 0.362 e. The summed E-state index contributed by atoms with van der Waals surface area (Å²) in [4.78, 5) is 20.4. The van der Waals surface area contributed by atoms with Crippen LogP contribution in [0.3, 0.4) is 0 Å². The van der Waals surface area contributed by atoms with Crippen molar-refractivity contribution < 1.29 is 0 Å². The van der Waals surface area contributed by atoms with Crippen molar-refractivity contribution in [2.75, 3.05) is 23.3 Å². The Hall–Kier alpha value is -3.56. The molecule has 0 fully saturated rings. The Morgan fingerprint density at radius 2 is 1.72 bits per heavy atom. The van der Waals surface area contributed by atoms with Crippen molar-refractivity contribution in [1.82, 2.24) is 25.3 Å². The highest BCUT2D eigenvalue weighted by atomic mass is 32.2. The van der Waals surface area contributed by atoms with Crippen LogP contribution < -0.4 is 15.5 Å². The van der Waals surface area contributed by atoms with E-state index < -0.39 is 0 Å². The van der Waals surface area contributed by atoms with E-state index in [0.29, 0.717) is 16.2 Å². The molecule has 0 radical (unpaired) electrons. The van der Waals surface area contributed by atoms with Crippen molar-refractivity contribution in [3.05, 3.63) is 95.8 Å². The fourth-order valence-corrected chi connectivity index (χ4v) is 4.99. The fourth-order valence-electron chi connectivity index (χ4n) is 4.09. The number of hydrogen-bond donors (Lipinski definition) is 2. The number of thiocarbonyl (C=S) groups is 1. The maximum Gasteiger partial charge on any atom is 0.232 e. The summed E-state index contributed by atoms with van der Waals surface area (Å²) in [6.45, 7) is 2.46. The summed E-state index contributed by atoms with van der Waals surface area (Å²) in [5, 5.41) is 8.37. The first kappa shape index (κ1) is 24.1. The average Bonchev–Trinajstić information content (AvgIpc) is 2.92. The van der Waals surface area contributed by atoms with Crippen molar-refractivity contribution in [1.29, 1.82) is 0 Å². The summed E-state index contributed by atoms with van der Waals surface area (Å²) < 4.78 is 0. The number of anilines is 2. The predicted molar refractivity (Wildman–Crippen MR) is 148 cm³/mol. The molecular weight excluding hydrogens is 486 g/mol. The standard InChI is InChI=1S/C27H27N7S2/c35-26(28-14-6-10-20-8-2-1-3-9-20)33-25-31-23(18-24(32-25)36-27-29-15-7-16-30-27)34-17-13-21-11-4-5-12-22(21)19-34/h1-5,7-9,11-12,15-16,18H,6,10,13-14,17,19H2,(H2,28,31,32,33,35). The molecule has 0 spiro atoms. The van der Waals surface area contributed by atoms with Gasteiger partial charge in [0.2, 0.25) is 5.95 Å². The monoisotopic (exact) mass is 513 g/mol. The number of hydrogen-bond acceptors (Lipinski definition) is 7. The Morgan fingerprint density at radius 3 is 2.56 bits per heavy atom. The second-order valence-electron chi connectivity index (χ2n) is 8.43. The number of fused-ring (bicyclic) bond motifs is 1. The summed E-state index contributed by atoms with van der Waals surface area (Å²) in [6, 6.07) is 22.8. The zero-order chi connectivity index (χ0) is 24.6. The average molecular weight is 514 g/mol. The minimum absolute atomic E-state index is 0.463. The molecule has 1 aliphatic heterocycles. The van der Waals surface area contributed by atoms with Crippen molar-refractivity contribution in [3.63, 3.8) is 0 Å². The summed E-state index contributed by atoms with van der Waals surface area (Å²) in [6.07, 6.45) is 6.41. The molecule has 3 heterocycles. The maximum absolute atomic E-state index is 5.54. The van der Waals surface area contributed by atoms with Gasteiger partial charge in [-0.25, -0.2) is 15.0 Å². The lowest BCUT2D eigenvalue weighted by molar-refractivity contribution is 0.717. The van der Waals surface area contributed by atoms with E-state index in [9.17, 15) is 0 Å². The second-order valence-corrected chi connectivity index (χ2v) is 9.83. The number of benzene rings is 2. The molecule has 7 nitrogen and oxygen atoms in total. The van der Waals surface area contributed by atoms with Gasteiger partial charge in [0.15, 0.2) is 10.3 Å². The predicted octanol–water partition coefficient (Wildman–Crippen LogP) is 4.90. The molecule has 4 aromatic rings. The van der Waals surface area contributed by atoms with Gasteiger partial charge in [0.1, 0.15) is 10.8 Å². The lowest BCUT2D eigenvalue weighted by Crippen LogP contribution is -2.32. The van der Waals surface area contributed by atoms with Crippen LogP contribution in [0.5, 0.6) is 0 Å². The van der Waals surface area contributed by atoms with E-state index in [-0.39, 0.29) is 0 Å². The SMILES string of the molecule is S=C(NCCCc1ccccc1)Nc1nc(Sc2ncccn2)cc(N2CCc3ccccc3C2)n1. The van der Waals surface area contributed by atoms with E-state index in [1.807, 2.05) is 12.1 Å². The number of aryl methyl sites for hydroxylation is 1. The summed E-state index contributed by atoms with van der Waals surface area (Å²) in [5.74, 6) is 1.32. The molecule has 1 aliphatic rings. The summed E-state index contributed by atoms with van der Waals surface area (Å²) >= 11 is 6.95. The second kappa shape index (κ2) is 11.9. The number of nitrogens with zero attached hydrogens (tertiary/aromatic N) is 5. The van der Waals surface area contributed by atoms with Crippen molar-refractivity contribution in [2.24, 2.45) is 0 Å². The van der Waals surface area contributed by atoms with Gasteiger partial charge < -0.3 is 15.5 Å². The van der Waals surface area contributed by atoms with Crippen LogP contribution in [0.2, 0.25) is 0 Å². The zero-order valence-electron chi connectivity index (χ0n) is 19.8. The van der Waals surface area contributed by atoms with E-state index in [1.54, 1.807) is 18.5 Å². The number of rotatable bonds is 8. The first-order valence-electron chi connectivity index (χ1n) is 12.0. The van der Waals surface area contributed by atoms with Crippen molar-refractivity contribution in [2.45, 2.75) is 36.0 Å². The van der Waals surface area contributed by atoms with Crippen LogP contribution in [0, 0.1) is 0 Å². The van der Waals surface area contributed by atoms with Crippen LogP contribution in [0.4, 0.5) is 11.8 Å². The first-order chi connectivity index (χ1) is 17.7. The molecule has 9 heteroatoms. The van der Waals surface area contributed by atoms with Crippen LogP contribution in [0.25, 0.3) is 0 Å². The lowest BCUT2D eigenvalue weighted by atomic mass is 10.00. The minimum Gasteiger partial charge on any atom is -0.362 e. The quantitative estimate of drug-likeness (QED) is 0.148. The molecule has 2 N–H and O–H groups in total. The molecule has 0 saturated heterocycles. The topological polar surface area (TPSA) is 78.9 Å². The van der Waals surface area contributed by atoms with Crippen LogP contribution >= 0.6 is 24.0 Å². The Bertz CT molecular complexity index is 1300. The molecule has 0 saturated carbocycles. The van der Waals surface area contributed by atoms with Gasteiger partial charge in [-0.1, -0.05) is 54.6 Å². The van der Waals surface area contributed by atoms with Crippen LogP contribution in [-0.2, 0) is 19.4 Å². The highest BCUT2D eigenvalue weighted by Gasteiger charge is 2.19. The van der Waals surface area contributed by atoms with E-state index in [0.717, 1.165) is 49.7 Å². The molecular formula is C27H27N7S2. The fraction of sp³-hybridized carbons (Fsp3) is 0.222. The van der Waals surface area contributed by atoms with Crippen LogP contribution in [0.15, 0.2) is 89.3 Å². The summed E-state index contributed by atoms with van der Waals surface area (Å²) in [5.41, 5.74) is 4.05. The third-order valence-corrected chi connectivity index (χ3v) is 6.94. The van der Waals surface area contributed by atoms with Gasteiger partial charge in [0.05, 0.1) is 0 Å². The van der Waals surface area contributed by atoms with Gasteiger partial charge in [-0.15, -0.1) is 0 Å². The third kappa shape index (κ3) is 6.56. The Balaban J connectivity index is 1.28. The molecule has 0 atom stereocenters.